The van der Waals surface area contributed by atoms with Crippen molar-refractivity contribution in [3.63, 3.8) is 0 Å². The van der Waals surface area contributed by atoms with Crippen LogP contribution in [-0.2, 0) is 13.0 Å². The molecule has 8 heteroatoms. The van der Waals surface area contributed by atoms with Crippen LogP contribution < -0.4 is 5.32 Å². The highest BCUT2D eigenvalue weighted by Crippen LogP contribution is 2.23. The molecule has 0 saturated carbocycles. The fourth-order valence-electron chi connectivity index (χ4n) is 4.78. The van der Waals surface area contributed by atoms with Crippen molar-refractivity contribution in [1.29, 1.82) is 0 Å². The third-order valence-electron chi connectivity index (χ3n) is 7.09. The van der Waals surface area contributed by atoms with E-state index in [-0.39, 0.29) is 12.4 Å². The number of rotatable bonds is 10. The van der Waals surface area contributed by atoms with Crippen molar-refractivity contribution in [2.45, 2.75) is 19.9 Å². The van der Waals surface area contributed by atoms with E-state index < -0.39 is 0 Å². The van der Waals surface area contributed by atoms with E-state index in [1.807, 2.05) is 55.5 Å². The first-order chi connectivity index (χ1) is 19.1. The number of piperazine rings is 1. The van der Waals surface area contributed by atoms with Gasteiger partial charge in [0.2, 0.25) is 5.95 Å². The van der Waals surface area contributed by atoms with E-state index in [1.165, 1.54) is 5.56 Å². The molecule has 0 bridgehead atoms. The molecule has 4 aromatic rings. The Morgan fingerprint density at radius 2 is 1.72 bits per heavy atom. The summed E-state index contributed by atoms with van der Waals surface area (Å²) in [6.45, 7) is 7.79. The van der Waals surface area contributed by atoms with Crippen LogP contribution in [0.5, 0.6) is 0 Å². The Kier molecular flexibility index (Phi) is 8.68. The smallest absolute Gasteiger partial charge is 0.227 e. The van der Waals surface area contributed by atoms with Gasteiger partial charge in [0, 0.05) is 81.1 Å². The molecule has 1 saturated heterocycles. The molecule has 2 aromatic heterocycles. The predicted molar refractivity (Wildman–Crippen MR) is 153 cm³/mol. The summed E-state index contributed by atoms with van der Waals surface area (Å²) < 4.78 is 0. The van der Waals surface area contributed by atoms with Gasteiger partial charge >= 0.3 is 0 Å². The number of aliphatic hydroxyl groups is 1. The average Bonchev–Trinajstić information content (AvgIpc) is 2.97. The zero-order valence-corrected chi connectivity index (χ0v) is 22.3. The lowest BCUT2D eigenvalue weighted by atomic mass is 10.00. The summed E-state index contributed by atoms with van der Waals surface area (Å²) in [5, 5.41) is 12.4. The topological polar surface area (TPSA) is 94.5 Å². The van der Waals surface area contributed by atoms with Gasteiger partial charge in [0.05, 0.1) is 12.3 Å². The Bertz CT molecular complexity index is 1390. The van der Waals surface area contributed by atoms with Crippen LogP contribution in [0.15, 0.2) is 79.3 Å². The molecular weight excluding hydrogens is 488 g/mol. The van der Waals surface area contributed by atoms with E-state index in [0.717, 1.165) is 67.3 Å². The normalized spacial score (nSPS) is 14.3. The number of ketones is 1. The van der Waals surface area contributed by atoms with Crippen molar-refractivity contribution in [3.8, 4) is 11.3 Å². The first-order valence-electron chi connectivity index (χ1n) is 13.3. The largest absolute Gasteiger partial charge is 0.395 e. The maximum absolute atomic E-state index is 13.1. The third-order valence-corrected chi connectivity index (χ3v) is 7.09. The number of aliphatic hydroxyl groups excluding tert-OH is 1. The van der Waals surface area contributed by atoms with Crippen molar-refractivity contribution in [2.75, 3.05) is 44.6 Å². The number of carbonyl (C=O) groups is 1. The quantitative estimate of drug-likeness (QED) is 0.300. The number of carbonyl (C=O) groups excluding carboxylic acids is 1. The number of nitrogens with zero attached hydrogens (tertiary/aromatic N) is 5. The van der Waals surface area contributed by atoms with Crippen LogP contribution in [0.4, 0.5) is 11.6 Å². The number of anilines is 2. The lowest BCUT2D eigenvalue weighted by Gasteiger charge is -2.34. The monoisotopic (exact) mass is 522 g/mol. The fraction of sp³-hybridized carbons (Fsp3) is 0.290. The minimum absolute atomic E-state index is 0.0868. The van der Waals surface area contributed by atoms with Crippen LogP contribution in [0.3, 0.4) is 0 Å². The molecule has 5 rings (SSSR count). The molecule has 39 heavy (non-hydrogen) atoms. The lowest BCUT2D eigenvalue weighted by molar-refractivity contribution is 0.0992. The molecule has 0 unspecified atom stereocenters. The number of aromatic nitrogens is 3. The van der Waals surface area contributed by atoms with E-state index in [4.69, 9.17) is 5.11 Å². The van der Waals surface area contributed by atoms with Gasteiger partial charge in [0.1, 0.15) is 0 Å². The number of nitrogens with one attached hydrogen (secondary N) is 1. The molecule has 1 aliphatic rings. The van der Waals surface area contributed by atoms with Gasteiger partial charge in [0.15, 0.2) is 5.78 Å². The summed E-state index contributed by atoms with van der Waals surface area (Å²) in [6, 6.07) is 19.7. The number of pyridine rings is 1. The van der Waals surface area contributed by atoms with Gasteiger partial charge in [-0.25, -0.2) is 9.97 Å². The standard InChI is InChI=1S/C31H34N6O2/c1-23-4-5-25(19-29(23)35-31-33-12-10-28(34-31)27-3-2-11-32-21-27)20-30(39)26-8-6-24(7-9-26)22-37-15-13-36(14-16-37)17-18-38/h2-12,19,21,38H,13-18,20,22H2,1H3,(H,33,34,35). The van der Waals surface area contributed by atoms with Gasteiger partial charge in [-0.3, -0.25) is 19.6 Å². The van der Waals surface area contributed by atoms with E-state index >= 15 is 0 Å². The van der Waals surface area contributed by atoms with E-state index in [0.29, 0.717) is 17.9 Å². The van der Waals surface area contributed by atoms with Crippen molar-refractivity contribution in [1.82, 2.24) is 24.8 Å². The van der Waals surface area contributed by atoms with Crippen LogP contribution >= 0.6 is 0 Å². The Hall–Kier alpha value is -3.98. The molecule has 0 aliphatic carbocycles. The summed E-state index contributed by atoms with van der Waals surface area (Å²) in [7, 11) is 0. The van der Waals surface area contributed by atoms with Gasteiger partial charge in [-0.2, -0.15) is 0 Å². The molecule has 8 nitrogen and oxygen atoms in total. The third kappa shape index (κ3) is 7.11. The molecule has 200 valence electrons. The summed E-state index contributed by atoms with van der Waals surface area (Å²) >= 11 is 0. The van der Waals surface area contributed by atoms with E-state index in [9.17, 15) is 4.79 Å². The number of β-amino-alcohol motifs (C(OH)–C–C–N with tert-alkyl or cyclic N) is 1. The minimum Gasteiger partial charge on any atom is -0.395 e. The lowest BCUT2D eigenvalue weighted by Crippen LogP contribution is -2.46. The van der Waals surface area contributed by atoms with Crippen molar-refractivity contribution in [2.24, 2.45) is 0 Å². The first-order valence-corrected chi connectivity index (χ1v) is 13.3. The zero-order valence-electron chi connectivity index (χ0n) is 22.3. The Morgan fingerprint density at radius 1 is 0.949 bits per heavy atom. The van der Waals surface area contributed by atoms with E-state index in [2.05, 4.69) is 42.2 Å². The second-order valence-corrected chi connectivity index (χ2v) is 9.92. The summed E-state index contributed by atoms with van der Waals surface area (Å²) in [4.78, 5) is 31.0. The molecule has 3 heterocycles. The minimum atomic E-state index is 0.0868. The van der Waals surface area contributed by atoms with Crippen LogP contribution in [-0.4, -0.2) is 75.0 Å². The molecule has 2 N–H and O–H groups in total. The molecule has 0 radical (unpaired) electrons. The molecule has 0 atom stereocenters. The second-order valence-electron chi connectivity index (χ2n) is 9.92. The van der Waals surface area contributed by atoms with E-state index in [1.54, 1.807) is 18.6 Å². The average molecular weight is 523 g/mol. The highest BCUT2D eigenvalue weighted by molar-refractivity contribution is 5.97. The predicted octanol–water partition coefficient (Wildman–Crippen LogP) is 4.13. The van der Waals surface area contributed by atoms with Gasteiger partial charge in [-0.1, -0.05) is 36.4 Å². The van der Waals surface area contributed by atoms with Crippen LogP contribution in [0.25, 0.3) is 11.3 Å². The second kappa shape index (κ2) is 12.7. The van der Waals surface area contributed by atoms with Crippen molar-refractivity contribution >= 4 is 17.4 Å². The van der Waals surface area contributed by atoms with Crippen molar-refractivity contribution in [3.05, 3.63) is 102 Å². The Labute approximate surface area is 229 Å². The van der Waals surface area contributed by atoms with Crippen LogP contribution in [0.1, 0.15) is 27.0 Å². The first kappa shape index (κ1) is 26.6. The number of hydrogen-bond donors (Lipinski definition) is 2. The summed E-state index contributed by atoms with van der Waals surface area (Å²) in [5.41, 5.74) is 6.48. The van der Waals surface area contributed by atoms with Crippen LogP contribution in [0, 0.1) is 6.92 Å². The van der Waals surface area contributed by atoms with Gasteiger partial charge < -0.3 is 10.4 Å². The zero-order chi connectivity index (χ0) is 27.0. The van der Waals surface area contributed by atoms with Crippen LogP contribution in [0.2, 0.25) is 0 Å². The molecule has 0 spiro atoms. The Morgan fingerprint density at radius 3 is 2.46 bits per heavy atom. The molecule has 1 aliphatic heterocycles. The fourth-order valence-corrected chi connectivity index (χ4v) is 4.78. The molecular formula is C31H34N6O2. The highest BCUT2D eigenvalue weighted by Gasteiger charge is 2.17. The summed E-state index contributed by atoms with van der Waals surface area (Å²) in [5.74, 6) is 0.581. The maximum atomic E-state index is 13.1. The highest BCUT2D eigenvalue weighted by atomic mass is 16.3. The summed E-state index contributed by atoms with van der Waals surface area (Å²) in [6.07, 6.45) is 5.55. The SMILES string of the molecule is Cc1ccc(CC(=O)c2ccc(CN3CCN(CCO)CC3)cc2)cc1Nc1nccc(-c2cccnc2)n1. The number of benzene rings is 2. The number of hydrogen-bond acceptors (Lipinski definition) is 8. The van der Waals surface area contributed by atoms with Crippen molar-refractivity contribution < 1.29 is 9.90 Å². The number of aryl methyl sites for hydroxylation is 1. The number of Topliss-reactive ketones (excluding diaryl/α,β-unsaturated/α-hetero) is 1. The van der Waals surface area contributed by atoms with Gasteiger partial charge in [0.25, 0.3) is 0 Å². The van der Waals surface area contributed by atoms with Gasteiger partial charge in [-0.05, 0) is 47.9 Å². The maximum Gasteiger partial charge on any atom is 0.227 e. The Balaban J connectivity index is 1.20. The van der Waals surface area contributed by atoms with Gasteiger partial charge in [-0.15, -0.1) is 0 Å². The molecule has 0 amide bonds. The molecule has 2 aromatic carbocycles. The molecule has 1 fully saturated rings.